The Bertz CT molecular complexity index is 383. The molecule has 0 saturated carbocycles. The maximum absolute atomic E-state index is 10.7. The summed E-state index contributed by atoms with van der Waals surface area (Å²) in [5.41, 5.74) is 5.11. The Kier molecular flexibility index (Phi) is 4.67. The quantitative estimate of drug-likeness (QED) is 0.804. The zero-order chi connectivity index (χ0) is 12.1. The SMILES string of the molecule is CCc1nc(Br)cc(NC(C)CC(N)=O)n1. The van der Waals surface area contributed by atoms with Gasteiger partial charge in [-0.25, -0.2) is 9.97 Å². The van der Waals surface area contributed by atoms with Crippen molar-refractivity contribution < 1.29 is 4.79 Å². The number of anilines is 1. The second-order valence-corrected chi connectivity index (χ2v) is 4.37. The highest BCUT2D eigenvalue weighted by molar-refractivity contribution is 9.10. The number of carbonyl (C=O) groups is 1. The summed E-state index contributed by atoms with van der Waals surface area (Å²) >= 11 is 3.31. The lowest BCUT2D eigenvalue weighted by atomic mass is 10.2. The third kappa shape index (κ3) is 4.14. The van der Waals surface area contributed by atoms with Crippen LogP contribution in [-0.2, 0) is 11.2 Å². The van der Waals surface area contributed by atoms with Crippen molar-refractivity contribution in [3.8, 4) is 0 Å². The van der Waals surface area contributed by atoms with Crippen molar-refractivity contribution in [2.75, 3.05) is 5.32 Å². The van der Waals surface area contributed by atoms with Gasteiger partial charge in [0, 0.05) is 24.9 Å². The van der Waals surface area contributed by atoms with Gasteiger partial charge in [-0.05, 0) is 22.9 Å². The minimum atomic E-state index is -0.330. The van der Waals surface area contributed by atoms with E-state index in [1.54, 1.807) is 6.07 Å². The van der Waals surface area contributed by atoms with Crippen LogP contribution < -0.4 is 11.1 Å². The van der Waals surface area contributed by atoms with Crippen LogP contribution in [0.25, 0.3) is 0 Å². The summed E-state index contributed by atoms with van der Waals surface area (Å²) in [7, 11) is 0. The van der Waals surface area contributed by atoms with Crippen molar-refractivity contribution in [1.82, 2.24) is 9.97 Å². The molecule has 1 rings (SSSR count). The standard InChI is InChI=1S/C10H15BrN4O/c1-3-9-14-7(11)5-10(15-9)13-6(2)4-8(12)16/h5-6H,3-4H2,1-2H3,(H2,12,16)(H,13,14,15). The number of hydrogen-bond donors (Lipinski definition) is 2. The molecule has 1 aromatic heterocycles. The molecule has 0 aliphatic heterocycles. The van der Waals surface area contributed by atoms with Gasteiger partial charge in [0.25, 0.3) is 0 Å². The number of aryl methyl sites for hydroxylation is 1. The van der Waals surface area contributed by atoms with Gasteiger partial charge in [0.15, 0.2) is 0 Å². The van der Waals surface area contributed by atoms with Crippen molar-refractivity contribution >= 4 is 27.7 Å². The molecule has 5 nitrogen and oxygen atoms in total. The molecule has 1 atom stereocenters. The maximum atomic E-state index is 10.7. The van der Waals surface area contributed by atoms with Gasteiger partial charge < -0.3 is 11.1 Å². The summed E-state index contributed by atoms with van der Waals surface area (Å²) in [6.45, 7) is 3.87. The minimum absolute atomic E-state index is 0.0380. The fraction of sp³-hybridized carbons (Fsp3) is 0.500. The van der Waals surface area contributed by atoms with Gasteiger partial charge in [-0.2, -0.15) is 0 Å². The van der Waals surface area contributed by atoms with Crippen LogP contribution in [0.2, 0.25) is 0 Å². The van der Waals surface area contributed by atoms with E-state index in [9.17, 15) is 4.79 Å². The predicted molar refractivity (Wildman–Crippen MR) is 66.0 cm³/mol. The van der Waals surface area contributed by atoms with Crippen LogP contribution in [0.4, 0.5) is 5.82 Å². The van der Waals surface area contributed by atoms with Crippen molar-refractivity contribution in [3.63, 3.8) is 0 Å². The minimum Gasteiger partial charge on any atom is -0.370 e. The van der Waals surface area contributed by atoms with Crippen molar-refractivity contribution in [2.45, 2.75) is 32.7 Å². The van der Waals surface area contributed by atoms with Crippen LogP contribution >= 0.6 is 15.9 Å². The van der Waals surface area contributed by atoms with Crippen LogP contribution in [0, 0.1) is 0 Å². The van der Waals surface area contributed by atoms with Crippen LogP contribution in [0.3, 0.4) is 0 Å². The molecular weight excluding hydrogens is 272 g/mol. The summed E-state index contributed by atoms with van der Waals surface area (Å²) in [4.78, 5) is 19.2. The second kappa shape index (κ2) is 5.79. The van der Waals surface area contributed by atoms with Gasteiger partial charge in [-0.1, -0.05) is 6.92 Å². The number of nitrogens with one attached hydrogen (secondary N) is 1. The number of nitrogens with zero attached hydrogens (tertiary/aromatic N) is 2. The molecule has 1 heterocycles. The first-order valence-electron chi connectivity index (χ1n) is 5.09. The molecule has 1 amide bonds. The largest absolute Gasteiger partial charge is 0.370 e. The average molecular weight is 287 g/mol. The first kappa shape index (κ1) is 12.9. The molecule has 0 fully saturated rings. The van der Waals surface area contributed by atoms with Crippen LogP contribution in [0.15, 0.2) is 10.7 Å². The lowest BCUT2D eigenvalue weighted by molar-refractivity contribution is -0.118. The molecule has 1 aromatic rings. The summed E-state index contributed by atoms with van der Waals surface area (Å²) in [5.74, 6) is 1.12. The van der Waals surface area contributed by atoms with Gasteiger partial charge in [0.05, 0.1) is 0 Å². The molecule has 0 aliphatic rings. The smallest absolute Gasteiger partial charge is 0.219 e. The van der Waals surface area contributed by atoms with E-state index in [-0.39, 0.29) is 18.4 Å². The van der Waals surface area contributed by atoms with Crippen molar-refractivity contribution in [2.24, 2.45) is 5.73 Å². The summed E-state index contributed by atoms with van der Waals surface area (Å²) in [6.07, 6.45) is 1.04. The number of primary amides is 1. The predicted octanol–water partition coefficient (Wildman–Crippen LogP) is 1.48. The number of carbonyl (C=O) groups excluding carboxylic acids is 1. The van der Waals surface area contributed by atoms with Crippen molar-refractivity contribution in [1.29, 1.82) is 0 Å². The first-order chi connectivity index (χ1) is 7.51. The molecule has 0 spiro atoms. The van der Waals surface area contributed by atoms with Gasteiger partial charge in [0.2, 0.25) is 5.91 Å². The van der Waals surface area contributed by atoms with Gasteiger partial charge in [-0.3, -0.25) is 4.79 Å². The Labute approximate surface area is 103 Å². The van der Waals surface area contributed by atoms with E-state index in [4.69, 9.17) is 5.73 Å². The summed E-state index contributed by atoms with van der Waals surface area (Å²) in [5, 5.41) is 3.11. The molecule has 0 bridgehead atoms. The summed E-state index contributed by atoms with van der Waals surface area (Å²) < 4.78 is 0.730. The third-order valence-electron chi connectivity index (χ3n) is 1.96. The number of nitrogens with two attached hydrogens (primary N) is 1. The molecule has 0 aliphatic carbocycles. The zero-order valence-corrected chi connectivity index (χ0v) is 10.9. The molecular formula is C10H15BrN4O. The number of hydrogen-bond acceptors (Lipinski definition) is 4. The van der Waals surface area contributed by atoms with E-state index in [2.05, 4.69) is 31.2 Å². The second-order valence-electron chi connectivity index (χ2n) is 3.56. The van der Waals surface area contributed by atoms with E-state index in [1.165, 1.54) is 0 Å². The van der Waals surface area contributed by atoms with Crippen molar-refractivity contribution in [3.05, 3.63) is 16.5 Å². The molecule has 0 saturated heterocycles. The molecule has 0 aromatic carbocycles. The van der Waals surface area contributed by atoms with E-state index < -0.39 is 0 Å². The highest BCUT2D eigenvalue weighted by Gasteiger charge is 2.08. The van der Waals surface area contributed by atoms with E-state index in [0.29, 0.717) is 5.82 Å². The lowest BCUT2D eigenvalue weighted by Crippen LogP contribution is -2.24. The van der Waals surface area contributed by atoms with Crippen LogP contribution in [0.5, 0.6) is 0 Å². The third-order valence-corrected chi connectivity index (χ3v) is 2.37. The normalized spacial score (nSPS) is 12.2. The van der Waals surface area contributed by atoms with E-state index in [0.717, 1.165) is 16.8 Å². The summed E-state index contributed by atoms with van der Waals surface area (Å²) in [6, 6.07) is 1.74. The first-order valence-corrected chi connectivity index (χ1v) is 5.89. The molecule has 1 unspecified atom stereocenters. The van der Waals surface area contributed by atoms with E-state index >= 15 is 0 Å². The Morgan fingerprint density at radius 1 is 1.62 bits per heavy atom. The van der Waals surface area contributed by atoms with E-state index in [1.807, 2.05) is 13.8 Å². The Hall–Kier alpha value is -1.17. The highest BCUT2D eigenvalue weighted by Crippen LogP contribution is 2.14. The fourth-order valence-corrected chi connectivity index (χ4v) is 1.72. The number of aromatic nitrogens is 2. The molecule has 0 radical (unpaired) electrons. The zero-order valence-electron chi connectivity index (χ0n) is 9.33. The molecule has 3 N–H and O–H groups in total. The van der Waals surface area contributed by atoms with Gasteiger partial charge in [-0.15, -0.1) is 0 Å². The Morgan fingerprint density at radius 3 is 2.88 bits per heavy atom. The Balaban J connectivity index is 2.72. The highest BCUT2D eigenvalue weighted by atomic mass is 79.9. The van der Waals surface area contributed by atoms with Gasteiger partial charge >= 0.3 is 0 Å². The molecule has 16 heavy (non-hydrogen) atoms. The fourth-order valence-electron chi connectivity index (χ4n) is 1.30. The number of rotatable bonds is 5. The van der Waals surface area contributed by atoms with Crippen LogP contribution in [-0.4, -0.2) is 21.9 Å². The topological polar surface area (TPSA) is 80.9 Å². The average Bonchev–Trinajstić information content (AvgIpc) is 2.14. The van der Waals surface area contributed by atoms with Gasteiger partial charge in [0.1, 0.15) is 16.2 Å². The molecule has 6 heteroatoms. The number of amides is 1. The molecule has 88 valence electrons. The monoisotopic (exact) mass is 286 g/mol. The number of halogens is 1. The Morgan fingerprint density at radius 2 is 2.31 bits per heavy atom. The van der Waals surface area contributed by atoms with Crippen LogP contribution in [0.1, 0.15) is 26.1 Å². The maximum Gasteiger partial charge on any atom is 0.219 e. The lowest BCUT2D eigenvalue weighted by Gasteiger charge is -2.13.